The van der Waals surface area contributed by atoms with Crippen molar-refractivity contribution in [1.29, 1.82) is 0 Å². The van der Waals surface area contributed by atoms with Crippen molar-refractivity contribution in [2.24, 2.45) is 0 Å². The van der Waals surface area contributed by atoms with Gasteiger partial charge in [-0.15, -0.1) is 0 Å². The van der Waals surface area contributed by atoms with Crippen molar-refractivity contribution in [3.05, 3.63) is 23.0 Å². The zero-order valence-electron chi connectivity index (χ0n) is 11.2. The Bertz CT molecular complexity index is 677. The Kier molecular flexibility index (Phi) is 4.40. The first-order chi connectivity index (χ1) is 9.70. The first-order valence-corrected chi connectivity index (χ1v) is 8.14. The normalized spacial score (nSPS) is 16.5. The van der Waals surface area contributed by atoms with Gasteiger partial charge in [-0.2, -0.15) is 4.72 Å². The molecule has 1 fully saturated rings. The first-order valence-electron chi connectivity index (χ1n) is 6.28. The molecule has 0 aromatic heterocycles. The quantitative estimate of drug-likeness (QED) is 0.699. The Balaban J connectivity index is 2.17. The van der Waals surface area contributed by atoms with Crippen LogP contribution in [0.4, 0.5) is 10.1 Å². The van der Waals surface area contributed by atoms with Gasteiger partial charge in [0.15, 0.2) is 0 Å². The standard InChI is InChI=1S/C12H15ClFN3O3S/c1-6(12(18)16-7-2-3-7)17-21(19,20)11-5-10(15)9(14)4-8(11)13/h4-7,17H,2-3,15H2,1H3,(H,16,18). The number of nitrogens with two attached hydrogens (primary N) is 1. The van der Waals surface area contributed by atoms with Gasteiger partial charge in [0.25, 0.3) is 0 Å². The van der Waals surface area contributed by atoms with Crippen molar-refractivity contribution < 1.29 is 17.6 Å². The lowest BCUT2D eigenvalue weighted by molar-refractivity contribution is -0.122. The molecule has 0 radical (unpaired) electrons. The molecule has 0 saturated heterocycles. The first kappa shape index (κ1) is 16.0. The monoisotopic (exact) mass is 335 g/mol. The smallest absolute Gasteiger partial charge is 0.242 e. The van der Waals surface area contributed by atoms with E-state index in [0.29, 0.717) is 0 Å². The van der Waals surface area contributed by atoms with Crippen LogP contribution in [0, 0.1) is 5.82 Å². The van der Waals surface area contributed by atoms with Gasteiger partial charge in [-0.1, -0.05) is 11.6 Å². The van der Waals surface area contributed by atoms with Crippen molar-refractivity contribution in [3.8, 4) is 0 Å². The predicted molar refractivity (Wildman–Crippen MR) is 76.8 cm³/mol. The average Bonchev–Trinajstić information content (AvgIpc) is 3.16. The van der Waals surface area contributed by atoms with Crippen molar-refractivity contribution >= 4 is 33.2 Å². The second kappa shape index (κ2) is 5.78. The molecule has 0 spiro atoms. The summed E-state index contributed by atoms with van der Waals surface area (Å²) in [6, 6.07) is 0.888. The summed E-state index contributed by atoms with van der Waals surface area (Å²) in [5, 5.41) is 2.38. The van der Waals surface area contributed by atoms with Crippen LogP contribution in [0.25, 0.3) is 0 Å². The van der Waals surface area contributed by atoms with E-state index in [2.05, 4.69) is 10.0 Å². The minimum Gasteiger partial charge on any atom is -0.396 e. The summed E-state index contributed by atoms with van der Waals surface area (Å²) in [5.41, 5.74) is 5.01. The van der Waals surface area contributed by atoms with E-state index in [1.807, 2.05) is 0 Å². The lowest BCUT2D eigenvalue weighted by Gasteiger charge is -2.15. The summed E-state index contributed by atoms with van der Waals surface area (Å²) < 4.78 is 39.7. The SMILES string of the molecule is CC(NS(=O)(=O)c1cc(N)c(F)cc1Cl)C(=O)NC1CC1. The third kappa shape index (κ3) is 3.84. The van der Waals surface area contributed by atoms with E-state index < -0.39 is 27.8 Å². The van der Waals surface area contributed by atoms with E-state index in [9.17, 15) is 17.6 Å². The molecule has 1 aliphatic carbocycles. The summed E-state index contributed by atoms with van der Waals surface area (Å²) in [5.74, 6) is -1.23. The number of hydrogen-bond donors (Lipinski definition) is 3. The average molecular weight is 336 g/mol. The number of carbonyl (C=O) groups is 1. The highest BCUT2D eigenvalue weighted by Gasteiger charge is 2.29. The van der Waals surface area contributed by atoms with Gasteiger partial charge in [-0.05, 0) is 31.9 Å². The number of nitrogen functional groups attached to an aromatic ring is 1. The molecule has 1 aromatic carbocycles. The van der Waals surface area contributed by atoms with Gasteiger partial charge in [-0.3, -0.25) is 4.79 Å². The second-order valence-corrected chi connectivity index (χ2v) is 7.02. The molecule has 1 amide bonds. The molecule has 1 aromatic rings. The van der Waals surface area contributed by atoms with Crippen molar-refractivity contribution in [2.45, 2.75) is 36.7 Å². The van der Waals surface area contributed by atoms with E-state index in [-0.39, 0.29) is 21.6 Å². The Hall–Kier alpha value is -1.38. The number of hydrogen-bond acceptors (Lipinski definition) is 4. The van der Waals surface area contributed by atoms with Crippen LogP contribution >= 0.6 is 11.6 Å². The number of benzene rings is 1. The van der Waals surface area contributed by atoms with Crippen molar-refractivity contribution in [1.82, 2.24) is 10.0 Å². The molecule has 21 heavy (non-hydrogen) atoms. The lowest BCUT2D eigenvalue weighted by atomic mass is 10.3. The van der Waals surface area contributed by atoms with Crippen LogP contribution in [-0.4, -0.2) is 26.4 Å². The molecule has 116 valence electrons. The zero-order valence-corrected chi connectivity index (χ0v) is 12.8. The Labute approximate surface area is 126 Å². The number of nitrogens with one attached hydrogen (secondary N) is 2. The van der Waals surface area contributed by atoms with Gasteiger partial charge in [0.05, 0.1) is 16.8 Å². The van der Waals surface area contributed by atoms with Gasteiger partial charge in [0, 0.05) is 6.04 Å². The van der Waals surface area contributed by atoms with Crippen LogP contribution in [0.15, 0.2) is 17.0 Å². The predicted octanol–water partition coefficient (Wildman–Crippen LogP) is 1.01. The van der Waals surface area contributed by atoms with Gasteiger partial charge >= 0.3 is 0 Å². The molecule has 0 aliphatic heterocycles. The Morgan fingerprint density at radius 3 is 2.67 bits per heavy atom. The molecule has 2 rings (SSSR count). The van der Waals surface area contributed by atoms with Crippen molar-refractivity contribution in [3.63, 3.8) is 0 Å². The van der Waals surface area contributed by atoms with E-state index in [1.165, 1.54) is 6.92 Å². The summed E-state index contributed by atoms with van der Waals surface area (Å²) >= 11 is 5.73. The second-order valence-electron chi connectivity index (χ2n) is 4.93. The third-order valence-corrected chi connectivity index (χ3v) is 5.00. The van der Waals surface area contributed by atoms with Crippen LogP contribution in [-0.2, 0) is 14.8 Å². The molecule has 1 saturated carbocycles. The van der Waals surface area contributed by atoms with E-state index >= 15 is 0 Å². The highest BCUT2D eigenvalue weighted by atomic mass is 35.5. The van der Waals surface area contributed by atoms with Crippen LogP contribution in [0.2, 0.25) is 5.02 Å². The minimum atomic E-state index is -4.08. The molecule has 1 aliphatic rings. The van der Waals surface area contributed by atoms with Gasteiger partial charge in [0.1, 0.15) is 10.7 Å². The van der Waals surface area contributed by atoms with Crippen LogP contribution in [0.5, 0.6) is 0 Å². The summed E-state index contributed by atoms with van der Waals surface area (Å²) in [6.07, 6.45) is 1.79. The zero-order chi connectivity index (χ0) is 15.8. The molecule has 0 bridgehead atoms. The molecule has 4 N–H and O–H groups in total. The van der Waals surface area contributed by atoms with E-state index in [4.69, 9.17) is 17.3 Å². The number of sulfonamides is 1. The minimum absolute atomic E-state index is 0.120. The Morgan fingerprint density at radius 2 is 2.10 bits per heavy atom. The fraction of sp³-hybridized carbons (Fsp3) is 0.417. The van der Waals surface area contributed by atoms with Gasteiger partial charge in [-0.25, -0.2) is 12.8 Å². The van der Waals surface area contributed by atoms with Gasteiger partial charge < -0.3 is 11.1 Å². The molecular formula is C12H15ClFN3O3S. The summed E-state index contributed by atoms with van der Waals surface area (Å²) in [4.78, 5) is 11.4. The van der Waals surface area contributed by atoms with Crippen molar-refractivity contribution in [2.75, 3.05) is 5.73 Å². The lowest BCUT2D eigenvalue weighted by Crippen LogP contribution is -2.45. The maximum Gasteiger partial charge on any atom is 0.242 e. The van der Waals surface area contributed by atoms with Crippen LogP contribution in [0.1, 0.15) is 19.8 Å². The highest BCUT2D eigenvalue weighted by Crippen LogP contribution is 2.26. The van der Waals surface area contributed by atoms with Crippen LogP contribution < -0.4 is 15.8 Å². The fourth-order valence-electron chi connectivity index (χ4n) is 1.65. The summed E-state index contributed by atoms with van der Waals surface area (Å²) in [7, 11) is -4.08. The van der Waals surface area contributed by atoms with Crippen LogP contribution in [0.3, 0.4) is 0 Å². The van der Waals surface area contributed by atoms with E-state index in [0.717, 1.165) is 25.0 Å². The maximum absolute atomic E-state index is 13.2. The molecular weight excluding hydrogens is 321 g/mol. The topological polar surface area (TPSA) is 101 Å². The Morgan fingerprint density at radius 1 is 1.48 bits per heavy atom. The summed E-state index contributed by atoms with van der Waals surface area (Å²) in [6.45, 7) is 1.41. The maximum atomic E-state index is 13.2. The molecule has 0 heterocycles. The fourth-order valence-corrected chi connectivity index (χ4v) is 3.41. The van der Waals surface area contributed by atoms with Gasteiger partial charge in [0.2, 0.25) is 15.9 Å². The third-order valence-electron chi connectivity index (χ3n) is 2.99. The molecule has 9 heteroatoms. The highest BCUT2D eigenvalue weighted by molar-refractivity contribution is 7.89. The number of anilines is 1. The number of carbonyl (C=O) groups excluding carboxylic acids is 1. The number of halogens is 2. The number of amides is 1. The number of rotatable bonds is 5. The molecule has 1 atom stereocenters. The largest absolute Gasteiger partial charge is 0.396 e. The molecule has 1 unspecified atom stereocenters. The van der Waals surface area contributed by atoms with E-state index in [1.54, 1.807) is 0 Å². The molecule has 6 nitrogen and oxygen atoms in total.